The lowest BCUT2D eigenvalue weighted by molar-refractivity contribution is 0.311. The highest BCUT2D eigenvalue weighted by Crippen LogP contribution is 2.31. The number of nitrogens with zero attached hydrogens (tertiary/aromatic N) is 4. The van der Waals surface area contributed by atoms with Crippen molar-refractivity contribution in [3.05, 3.63) is 58.8 Å². The number of pyridine rings is 1. The van der Waals surface area contributed by atoms with Crippen LogP contribution in [0.4, 0.5) is 33.2 Å². The number of aromatic nitrogens is 3. The Balaban J connectivity index is 1.88. The third kappa shape index (κ3) is 4.96. The summed E-state index contributed by atoms with van der Waals surface area (Å²) in [7, 11) is 0. The normalized spacial score (nSPS) is 10.2. The average Bonchev–Trinajstić information content (AvgIpc) is 2.75. The van der Waals surface area contributed by atoms with Crippen molar-refractivity contribution in [3.63, 3.8) is 0 Å². The van der Waals surface area contributed by atoms with Crippen LogP contribution < -0.4 is 16.0 Å². The minimum absolute atomic E-state index is 0.0200. The summed E-state index contributed by atoms with van der Waals surface area (Å²) in [5.41, 5.74) is 0.851. The van der Waals surface area contributed by atoms with E-state index in [9.17, 15) is 4.39 Å². The SMILES string of the molecule is N#Cc1cc(F)c(Nc2cc(Nc3cc(NCCO)ncn3)ncc2C=N)c(Cl)c1. The number of aliphatic hydroxyl groups excluding tert-OH is 1. The van der Waals surface area contributed by atoms with Gasteiger partial charge in [0, 0.05) is 36.7 Å². The van der Waals surface area contributed by atoms with Crippen LogP contribution in [-0.2, 0) is 0 Å². The lowest BCUT2D eigenvalue weighted by atomic mass is 10.2. The molecule has 152 valence electrons. The Hall–Kier alpha value is -3.81. The summed E-state index contributed by atoms with van der Waals surface area (Å²) in [6.45, 7) is 0.302. The molecule has 0 atom stereocenters. The van der Waals surface area contributed by atoms with Crippen molar-refractivity contribution in [2.75, 3.05) is 29.1 Å². The van der Waals surface area contributed by atoms with E-state index in [1.54, 1.807) is 12.1 Å². The molecule has 2 heterocycles. The lowest BCUT2D eigenvalue weighted by Gasteiger charge is -2.14. The van der Waals surface area contributed by atoms with Crippen molar-refractivity contribution in [2.45, 2.75) is 0 Å². The first-order valence-corrected chi connectivity index (χ1v) is 9.02. The van der Waals surface area contributed by atoms with Gasteiger partial charge in [-0.25, -0.2) is 19.3 Å². The van der Waals surface area contributed by atoms with E-state index < -0.39 is 5.82 Å². The molecule has 0 spiro atoms. The molecule has 0 unspecified atom stereocenters. The molecule has 0 aliphatic heterocycles. The largest absolute Gasteiger partial charge is 0.395 e. The van der Waals surface area contributed by atoms with E-state index in [4.69, 9.17) is 27.4 Å². The van der Waals surface area contributed by atoms with Crippen molar-refractivity contribution in [1.29, 1.82) is 10.7 Å². The zero-order valence-electron chi connectivity index (χ0n) is 15.4. The summed E-state index contributed by atoms with van der Waals surface area (Å²) < 4.78 is 14.4. The number of rotatable bonds is 8. The minimum atomic E-state index is -0.697. The molecule has 0 bridgehead atoms. The summed E-state index contributed by atoms with van der Waals surface area (Å²) in [5.74, 6) is 0.633. The molecule has 9 nitrogen and oxygen atoms in total. The van der Waals surface area contributed by atoms with Gasteiger partial charge in [-0.2, -0.15) is 5.26 Å². The molecule has 3 rings (SSSR count). The first-order chi connectivity index (χ1) is 14.5. The van der Waals surface area contributed by atoms with Gasteiger partial charge in [-0.1, -0.05) is 11.6 Å². The van der Waals surface area contributed by atoms with Crippen LogP contribution in [0.3, 0.4) is 0 Å². The Kier molecular flexibility index (Phi) is 6.69. The number of nitriles is 1. The number of nitrogens with one attached hydrogen (secondary N) is 4. The molecule has 5 N–H and O–H groups in total. The zero-order chi connectivity index (χ0) is 21.5. The van der Waals surface area contributed by atoms with Gasteiger partial charge in [0.2, 0.25) is 0 Å². The maximum Gasteiger partial charge on any atom is 0.149 e. The van der Waals surface area contributed by atoms with Crippen molar-refractivity contribution < 1.29 is 9.50 Å². The van der Waals surface area contributed by atoms with Gasteiger partial charge >= 0.3 is 0 Å². The molecule has 0 amide bonds. The standard InChI is InChI=1S/C19H16ClFN8O/c20-13-3-11(7-22)4-14(21)19(13)28-15-5-17(25-9-12(15)8-23)29-18-6-16(24-1-2-30)26-10-27-18/h3-6,8-10,23,30H,1-2H2,(H3,24,25,26,27,28,29). The van der Waals surface area contributed by atoms with E-state index in [0.717, 1.165) is 12.3 Å². The molecular formula is C19H16ClFN8O. The Bertz CT molecular complexity index is 1090. The molecule has 0 aliphatic rings. The van der Waals surface area contributed by atoms with Crippen molar-refractivity contribution >= 4 is 46.6 Å². The topological polar surface area (TPSA) is 143 Å². The molecule has 2 aromatic heterocycles. The fourth-order valence-corrected chi connectivity index (χ4v) is 2.74. The van der Waals surface area contributed by atoms with Crippen molar-refractivity contribution in [2.24, 2.45) is 0 Å². The lowest BCUT2D eigenvalue weighted by Crippen LogP contribution is -2.08. The minimum Gasteiger partial charge on any atom is -0.395 e. The third-order valence-corrected chi connectivity index (χ3v) is 4.16. The van der Waals surface area contributed by atoms with Crippen molar-refractivity contribution in [1.82, 2.24) is 15.0 Å². The Labute approximate surface area is 176 Å². The number of aliphatic hydroxyl groups is 1. The molecule has 30 heavy (non-hydrogen) atoms. The van der Waals surface area contributed by atoms with Gasteiger partial charge in [-0.3, -0.25) is 0 Å². The van der Waals surface area contributed by atoms with E-state index in [1.165, 1.54) is 18.6 Å². The Morgan fingerprint density at radius 1 is 1.13 bits per heavy atom. The van der Waals surface area contributed by atoms with Crippen LogP contribution in [0.5, 0.6) is 0 Å². The van der Waals surface area contributed by atoms with E-state index >= 15 is 0 Å². The maximum atomic E-state index is 14.4. The summed E-state index contributed by atoms with van der Waals surface area (Å²) >= 11 is 6.10. The highest BCUT2D eigenvalue weighted by molar-refractivity contribution is 6.33. The van der Waals surface area contributed by atoms with Crippen LogP contribution in [0, 0.1) is 22.6 Å². The van der Waals surface area contributed by atoms with Crippen LogP contribution in [-0.4, -0.2) is 39.4 Å². The van der Waals surface area contributed by atoms with Gasteiger partial charge in [-0.15, -0.1) is 0 Å². The van der Waals surface area contributed by atoms with E-state index in [0.29, 0.717) is 35.2 Å². The maximum absolute atomic E-state index is 14.4. The van der Waals surface area contributed by atoms with Gasteiger partial charge in [0.25, 0.3) is 0 Å². The summed E-state index contributed by atoms with van der Waals surface area (Å²) in [4.78, 5) is 12.4. The second-order valence-corrected chi connectivity index (χ2v) is 6.32. The predicted octanol–water partition coefficient (Wildman–Crippen LogP) is 3.42. The number of hydrogen-bond donors (Lipinski definition) is 5. The van der Waals surface area contributed by atoms with Crippen molar-refractivity contribution in [3.8, 4) is 6.07 Å². The average molecular weight is 427 g/mol. The monoisotopic (exact) mass is 426 g/mol. The van der Waals surface area contributed by atoms with Crippen LogP contribution >= 0.6 is 11.6 Å². The molecular weight excluding hydrogens is 411 g/mol. The van der Waals surface area contributed by atoms with E-state index in [1.807, 2.05) is 6.07 Å². The smallest absolute Gasteiger partial charge is 0.149 e. The molecule has 0 radical (unpaired) electrons. The van der Waals surface area contributed by atoms with Gasteiger partial charge in [0.05, 0.1) is 34.6 Å². The highest BCUT2D eigenvalue weighted by Gasteiger charge is 2.13. The molecule has 0 saturated carbocycles. The van der Waals surface area contributed by atoms with Gasteiger partial charge in [0.1, 0.15) is 29.6 Å². The van der Waals surface area contributed by atoms with Crippen LogP contribution in [0.2, 0.25) is 5.02 Å². The first kappa shape index (κ1) is 20.9. The fourth-order valence-electron chi connectivity index (χ4n) is 2.49. The predicted molar refractivity (Wildman–Crippen MR) is 112 cm³/mol. The number of hydrogen-bond acceptors (Lipinski definition) is 9. The Morgan fingerprint density at radius 3 is 2.60 bits per heavy atom. The second kappa shape index (κ2) is 9.60. The molecule has 0 saturated heterocycles. The molecule has 0 fully saturated rings. The molecule has 11 heteroatoms. The van der Waals surface area contributed by atoms with E-state index in [2.05, 4.69) is 30.9 Å². The number of anilines is 5. The number of benzene rings is 1. The highest BCUT2D eigenvalue weighted by atomic mass is 35.5. The molecule has 1 aromatic carbocycles. The van der Waals surface area contributed by atoms with Gasteiger partial charge in [0.15, 0.2) is 0 Å². The third-order valence-electron chi connectivity index (χ3n) is 3.86. The number of halogens is 2. The molecule has 3 aromatic rings. The van der Waals surface area contributed by atoms with Crippen LogP contribution in [0.1, 0.15) is 11.1 Å². The second-order valence-electron chi connectivity index (χ2n) is 5.92. The molecule has 0 aliphatic carbocycles. The van der Waals surface area contributed by atoms with Gasteiger partial charge in [-0.05, 0) is 12.1 Å². The zero-order valence-corrected chi connectivity index (χ0v) is 16.2. The quantitative estimate of drug-likeness (QED) is 0.345. The summed E-state index contributed by atoms with van der Waals surface area (Å²) in [6, 6.07) is 7.45. The van der Waals surface area contributed by atoms with Crippen LogP contribution in [0.25, 0.3) is 0 Å². The van der Waals surface area contributed by atoms with E-state index in [-0.39, 0.29) is 22.9 Å². The summed E-state index contributed by atoms with van der Waals surface area (Å²) in [6.07, 6.45) is 3.84. The summed E-state index contributed by atoms with van der Waals surface area (Å²) in [5, 5.41) is 34.2. The van der Waals surface area contributed by atoms with Crippen LogP contribution in [0.15, 0.2) is 36.8 Å². The van der Waals surface area contributed by atoms with Gasteiger partial charge < -0.3 is 26.5 Å². The Morgan fingerprint density at radius 2 is 1.90 bits per heavy atom. The fraction of sp³-hybridized carbons (Fsp3) is 0.105. The first-order valence-electron chi connectivity index (χ1n) is 8.64.